The number of azide groups is 1. The molecule has 0 aliphatic rings. The molecule has 0 amide bonds. The minimum absolute atomic E-state index is 0.287. The van der Waals surface area contributed by atoms with Gasteiger partial charge in [-0.05, 0) is 18.9 Å². The van der Waals surface area contributed by atoms with E-state index in [1.54, 1.807) is 6.92 Å². The van der Waals surface area contributed by atoms with E-state index in [1.807, 2.05) is 6.92 Å². The minimum atomic E-state index is -0.686. The highest BCUT2D eigenvalue weighted by atomic mass is 16.5. The fraction of sp³-hybridized carbons (Fsp3) is 0.889. The van der Waals surface area contributed by atoms with Gasteiger partial charge in [-0.1, -0.05) is 18.5 Å². The first-order valence-corrected chi connectivity index (χ1v) is 4.95. The smallest absolute Gasteiger partial charge is 0.325 e. The van der Waals surface area contributed by atoms with Crippen LogP contribution in [0.3, 0.4) is 0 Å². The molecule has 1 unspecified atom stereocenters. The van der Waals surface area contributed by atoms with Crippen molar-refractivity contribution in [1.82, 2.24) is 5.32 Å². The third kappa shape index (κ3) is 4.67. The summed E-state index contributed by atoms with van der Waals surface area (Å²) in [5.74, 6) is -0.287. The Morgan fingerprint density at radius 1 is 1.67 bits per heavy atom. The van der Waals surface area contributed by atoms with Crippen LogP contribution < -0.4 is 5.32 Å². The van der Waals surface area contributed by atoms with E-state index in [0.717, 1.165) is 6.42 Å². The summed E-state index contributed by atoms with van der Waals surface area (Å²) >= 11 is 0. The topological polar surface area (TPSA) is 87.1 Å². The molecule has 86 valence electrons. The lowest BCUT2D eigenvalue weighted by Crippen LogP contribution is -2.50. The lowest BCUT2D eigenvalue weighted by atomic mass is 9.96. The summed E-state index contributed by atoms with van der Waals surface area (Å²) in [6.07, 6.45) is 1.57. The number of rotatable bonds is 7. The molecule has 6 nitrogen and oxygen atoms in total. The van der Waals surface area contributed by atoms with Crippen LogP contribution in [0.15, 0.2) is 5.11 Å². The second-order valence-corrected chi connectivity index (χ2v) is 3.45. The minimum Gasteiger partial charge on any atom is -0.468 e. The van der Waals surface area contributed by atoms with Gasteiger partial charge in [0.1, 0.15) is 5.54 Å². The molecule has 0 heterocycles. The van der Waals surface area contributed by atoms with Gasteiger partial charge in [0.25, 0.3) is 0 Å². The highest BCUT2D eigenvalue weighted by molar-refractivity contribution is 5.80. The second-order valence-electron chi connectivity index (χ2n) is 3.45. The van der Waals surface area contributed by atoms with Crippen LogP contribution in [0.1, 0.15) is 26.7 Å². The van der Waals surface area contributed by atoms with Gasteiger partial charge in [-0.25, -0.2) is 0 Å². The van der Waals surface area contributed by atoms with Crippen molar-refractivity contribution < 1.29 is 9.53 Å². The summed E-state index contributed by atoms with van der Waals surface area (Å²) in [5.41, 5.74) is 7.41. The summed E-state index contributed by atoms with van der Waals surface area (Å²) in [7, 11) is 1.37. The number of esters is 1. The van der Waals surface area contributed by atoms with Crippen LogP contribution in [0.25, 0.3) is 10.4 Å². The molecule has 0 aromatic rings. The fourth-order valence-corrected chi connectivity index (χ4v) is 1.41. The molecule has 15 heavy (non-hydrogen) atoms. The summed E-state index contributed by atoms with van der Waals surface area (Å²) in [6, 6.07) is 0. The van der Waals surface area contributed by atoms with Gasteiger partial charge < -0.3 is 10.1 Å². The highest BCUT2D eigenvalue weighted by Crippen LogP contribution is 2.13. The summed E-state index contributed by atoms with van der Waals surface area (Å²) in [5, 5.41) is 6.43. The molecule has 0 aromatic carbocycles. The van der Waals surface area contributed by atoms with E-state index in [4.69, 9.17) is 10.3 Å². The van der Waals surface area contributed by atoms with Crippen LogP contribution in [0.4, 0.5) is 0 Å². The molecule has 1 atom stereocenters. The first-order valence-electron chi connectivity index (χ1n) is 4.95. The maximum atomic E-state index is 11.5. The van der Waals surface area contributed by atoms with Gasteiger partial charge in [-0.3, -0.25) is 4.79 Å². The fourth-order valence-electron chi connectivity index (χ4n) is 1.41. The quantitative estimate of drug-likeness (QED) is 0.229. The van der Waals surface area contributed by atoms with Crippen LogP contribution >= 0.6 is 0 Å². The first-order chi connectivity index (χ1) is 7.10. The van der Waals surface area contributed by atoms with Gasteiger partial charge in [0, 0.05) is 18.0 Å². The largest absolute Gasteiger partial charge is 0.468 e. The third-order valence-corrected chi connectivity index (χ3v) is 2.18. The molecule has 0 aliphatic heterocycles. The van der Waals surface area contributed by atoms with Crippen molar-refractivity contribution in [2.75, 3.05) is 20.2 Å². The molecule has 0 radical (unpaired) electrons. The lowest BCUT2D eigenvalue weighted by molar-refractivity contribution is -0.148. The van der Waals surface area contributed by atoms with E-state index in [2.05, 4.69) is 15.3 Å². The number of nitrogens with zero attached hydrogens (tertiary/aromatic N) is 3. The molecule has 1 N–H and O–H groups in total. The number of carbonyl (C=O) groups is 1. The van der Waals surface area contributed by atoms with Gasteiger partial charge in [0.15, 0.2) is 0 Å². The Balaban J connectivity index is 4.24. The highest BCUT2D eigenvalue weighted by Gasteiger charge is 2.32. The van der Waals surface area contributed by atoms with Crippen LogP contribution in [0, 0.1) is 0 Å². The molecule has 0 fully saturated rings. The standard InChI is InChI=1S/C9H18N4O2/c1-4-5-9(2,8(14)15-3)11-6-7-12-13-10/h11H,4-7H2,1-3H3. The maximum Gasteiger partial charge on any atom is 0.325 e. The average Bonchev–Trinajstić information content (AvgIpc) is 2.23. The predicted molar refractivity (Wildman–Crippen MR) is 57.3 cm³/mol. The van der Waals surface area contributed by atoms with Gasteiger partial charge in [-0.15, -0.1) is 0 Å². The molecular formula is C9H18N4O2. The number of hydrogen-bond acceptors (Lipinski definition) is 4. The Labute approximate surface area is 89.6 Å². The van der Waals surface area contributed by atoms with E-state index in [9.17, 15) is 4.79 Å². The molecular weight excluding hydrogens is 196 g/mol. The van der Waals surface area contributed by atoms with Crippen molar-refractivity contribution in [2.24, 2.45) is 5.11 Å². The zero-order chi connectivity index (χ0) is 11.7. The van der Waals surface area contributed by atoms with Crippen molar-refractivity contribution in [3.63, 3.8) is 0 Å². The van der Waals surface area contributed by atoms with Crippen molar-refractivity contribution in [2.45, 2.75) is 32.2 Å². The molecule has 0 saturated heterocycles. The Kier molecular flexibility index (Phi) is 6.49. The zero-order valence-corrected chi connectivity index (χ0v) is 9.49. The second kappa shape index (κ2) is 7.09. The molecule has 6 heteroatoms. The number of nitrogens with one attached hydrogen (secondary N) is 1. The number of ether oxygens (including phenoxy) is 1. The van der Waals surface area contributed by atoms with Crippen LogP contribution in [0.2, 0.25) is 0 Å². The lowest BCUT2D eigenvalue weighted by Gasteiger charge is -2.27. The van der Waals surface area contributed by atoms with Gasteiger partial charge in [-0.2, -0.15) is 0 Å². The van der Waals surface area contributed by atoms with Crippen molar-refractivity contribution in [1.29, 1.82) is 0 Å². The SMILES string of the molecule is CCCC(C)(NCCN=[N+]=[N-])C(=O)OC. The van der Waals surface area contributed by atoms with E-state index in [1.165, 1.54) is 7.11 Å². The summed E-state index contributed by atoms with van der Waals surface area (Å²) in [4.78, 5) is 14.1. The van der Waals surface area contributed by atoms with Crippen molar-refractivity contribution >= 4 is 5.97 Å². The third-order valence-electron chi connectivity index (χ3n) is 2.18. The van der Waals surface area contributed by atoms with E-state index in [-0.39, 0.29) is 5.97 Å². The Bertz CT molecular complexity index is 250. The summed E-state index contributed by atoms with van der Waals surface area (Å²) < 4.78 is 4.72. The Hall–Kier alpha value is -1.26. The van der Waals surface area contributed by atoms with E-state index in [0.29, 0.717) is 19.5 Å². The van der Waals surface area contributed by atoms with Crippen molar-refractivity contribution in [3.05, 3.63) is 10.4 Å². The van der Waals surface area contributed by atoms with Crippen molar-refractivity contribution in [3.8, 4) is 0 Å². The molecule has 0 bridgehead atoms. The average molecular weight is 214 g/mol. The van der Waals surface area contributed by atoms with Gasteiger partial charge >= 0.3 is 5.97 Å². The van der Waals surface area contributed by atoms with Crippen LogP contribution in [-0.2, 0) is 9.53 Å². The first kappa shape index (κ1) is 13.7. The van der Waals surface area contributed by atoms with Crippen LogP contribution in [0.5, 0.6) is 0 Å². The normalized spacial score (nSPS) is 13.8. The molecule has 0 aromatic heterocycles. The van der Waals surface area contributed by atoms with Crippen LogP contribution in [-0.4, -0.2) is 31.7 Å². The van der Waals surface area contributed by atoms with E-state index < -0.39 is 5.54 Å². The molecule has 0 spiro atoms. The molecule has 0 saturated carbocycles. The Morgan fingerprint density at radius 2 is 2.33 bits per heavy atom. The predicted octanol–water partition coefficient (Wildman–Crippen LogP) is 1.62. The monoisotopic (exact) mass is 214 g/mol. The molecule has 0 aliphatic carbocycles. The van der Waals surface area contributed by atoms with Gasteiger partial charge in [0.05, 0.1) is 7.11 Å². The summed E-state index contributed by atoms with van der Waals surface area (Å²) in [6.45, 7) is 4.58. The number of hydrogen-bond donors (Lipinski definition) is 1. The zero-order valence-electron chi connectivity index (χ0n) is 9.49. The maximum absolute atomic E-state index is 11.5. The number of methoxy groups -OCH3 is 1. The number of carbonyl (C=O) groups excluding carboxylic acids is 1. The van der Waals surface area contributed by atoms with Gasteiger partial charge in [0.2, 0.25) is 0 Å². The van der Waals surface area contributed by atoms with E-state index >= 15 is 0 Å². The Morgan fingerprint density at radius 3 is 2.80 bits per heavy atom. The molecule has 0 rings (SSSR count).